The summed E-state index contributed by atoms with van der Waals surface area (Å²) in [4.78, 5) is 10.8. The second kappa shape index (κ2) is 8.11. The average Bonchev–Trinajstić information content (AvgIpc) is 2.74. The summed E-state index contributed by atoms with van der Waals surface area (Å²) < 4.78 is 0. The van der Waals surface area contributed by atoms with Gasteiger partial charge in [0.05, 0.1) is 0 Å². The van der Waals surface area contributed by atoms with Gasteiger partial charge < -0.3 is 0 Å². The number of hydrogen-bond acceptors (Lipinski definition) is 3. The molecule has 0 radical (unpaired) electrons. The fourth-order valence-corrected chi connectivity index (χ4v) is 3.59. The standard InChI is InChI=1S/C24H23N3/c1-19(23-8-4-6-22-5-2-3-7-24(22)23)27(17-20-9-13-25-14-10-20)18-21-11-15-26-16-12-21/h2-16,19H,17-18H2,1H3/t19-/m1/s1. The lowest BCUT2D eigenvalue weighted by molar-refractivity contribution is 0.193. The van der Waals surface area contributed by atoms with Gasteiger partial charge in [0.25, 0.3) is 0 Å². The smallest absolute Gasteiger partial charge is 0.0333 e. The topological polar surface area (TPSA) is 29.0 Å². The van der Waals surface area contributed by atoms with Crippen LogP contribution in [-0.4, -0.2) is 14.9 Å². The van der Waals surface area contributed by atoms with Crippen LogP contribution in [0.25, 0.3) is 10.8 Å². The Hall–Kier alpha value is -3.04. The average molecular weight is 353 g/mol. The van der Waals surface area contributed by atoms with E-state index in [4.69, 9.17) is 0 Å². The maximum absolute atomic E-state index is 4.15. The zero-order valence-corrected chi connectivity index (χ0v) is 15.5. The van der Waals surface area contributed by atoms with Crippen LogP contribution >= 0.6 is 0 Å². The summed E-state index contributed by atoms with van der Waals surface area (Å²) >= 11 is 0. The van der Waals surface area contributed by atoms with E-state index in [1.165, 1.54) is 27.5 Å². The van der Waals surface area contributed by atoms with Crippen molar-refractivity contribution in [2.24, 2.45) is 0 Å². The minimum Gasteiger partial charge on any atom is -0.288 e. The first-order valence-corrected chi connectivity index (χ1v) is 9.31. The third kappa shape index (κ3) is 4.04. The van der Waals surface area contributed by atoms with Crippen molar-refractivity contribution in [1.29, 1.82) is 0 Å². The number of hydrogen-bond donors (Lipinski definition) is 0. The Morgan fingerprint density at radius 3 is 1.89 bits per heavy atom. The molecule has 4 rings (SSSR count). The molecular weight excluding hydrogens is 330 g/mol. The van der Waals surface area contributed by atoms with Gasteiger partial charge >= 0.3 is 0 Å². The molecule has 0 fully saturated rings. The van der Waals surface area contributed by atoms with E-state index in [1.807, 2.05) is 24.8 Å². The van der Waals surface area contributed by atoms with Crippen LogP contribution in [0.3, 0.4) is 0 Å². The first-order valence-electron chi connectivity index (χ1n) is 9.31. The van der Waals surface area contributed by atoms with Crippen molar-refractivity contribution in [2.45, 2.75) is 26.1 Å². The minimum atomic E-state index is 0.275. The first kappa shape index (κ1) is 17.4. The summed E-state index contributed by atoms with van der Waals surface area (Å²) in [5, 5.41) is 2.61. The van der Waals surface area contributed by atoms with Crippen LogP contribution in [-0.2, 0) is 13.1 Å². The van der Waals surface area contributed by atoms with Gasteiger partial charge in [-0.1, -0.05) is 42.5 Å². The number of rotatable bonds is 6. The Kier molecular flexibility index (Phi) is 5.22. The molecule has 134 valence electrons. The van der Waals surface area contributed by atoms with E-state index in [0.717, 1.165) is 13.1 Å². The molecular formula is C24H23N3. The minimum absolute atomic E-state index is 0.275. The second-order valence-electron chi connectivity index (χ2n) is 6.86. The molecule has 3 heteroatoms. The fourth-order valence-electron chi connectivity index (χ4n) is 3.59. The highest BCUT2D eigenvalue weighted by molar-refractivity contribution is 5.86. The molecule has 2 aromatic carbocycles. The maximum Gasteiger partial charge on any atom is 0.0333 e. The molecule has 0 aliphatic heterocycles. The van der Waals surface area contributed by atoms with E-state index in [0.29, 0.717) is 0 Å². The Morgan fingerprint density at radius 1 is 0.704 bits per heavy atom. The molecule has 0 amide bonds. The van der Waals surface area contributed by atoms with E-state index in [-0.39, 0.29) is 6.04 Å². The molecule has 0 saturated heterocycles. The van der Waals surface area contributed by atoms with E-state index in [2.05, 4.69) is 88.5 Å². The van der Waals surface area contributed by atoms with E-state index < -0.39 is 0 Å². The summed E-state index contributed by atoms with van der Waals surface area (Å²) in [6, 6.07) is 23.9. The monoisotopic (exact) mass is 353 g/mol. The molecule has 27 heavy (non-hydrogen) atoms. The van der Waals surface area contributed by atoms with Gasteiger partial charge in [0.2, 0.25) is 0 Å². The highest BCUT2D eigenvalue weighted by atomic mass is 15.1. The zero-order valence-electron chi connectivity index (χ0n) is 15.5. The van der Waals surface area contributed by atoms with E-state index >= 15 is 0 Å². The third-order valence-corrected chi connectivity index (χ3v) is 5.09. The van der Waals surface area contributed by atoms with E-state index in [9.17, 15) is 0 Å². The quantitative estimate of drug-likeness (QED) is 0.465. The number of nitrogens with zero attached hydrogens (tertiary/aromatic N) is 3. The van der Waals surface area contributed by atoms with Crippen LogP contribution < -0.4 is 0 Å². The third-order valence-electron chi connectivity index (χ3n) is 5.09. The van der Waals surface area contributed by atoms with Gasteiger partial charge in [-0.2, -0.15) is 0 Å². The van der Waals surface area contributed by atoms with Gasteiger partial charge in [-0.15, -0.1) is 0 Å². The number of fused-ring (bicyclic) bond motifs is 1. The lowest BCUT2D eigenvalue weighted by atomic mass is 9.98. The molecule has 0 N–H and O–H groups in total. The molecule has 2 heterocycles. The summed E-state index contributed by atoms with van der Waals surface area (Å²) in [6.07, 6.45) is 7.45. The molecule has 1 atom stereocenters. The molecule has 0 bridgehead atoms. The van der Waals surface area contributed by atoms with Gasteiger partial charge in [0, 0.05) is 43.9 Å². The van der Waals surface area contributed by atoms with Gasteiger partial charge in [-0.05, 0) is 58.7 Å². The van der Waals surface area contributed by atoms with Crippen molar-refractivity contribution < 1.29 is 0 Å². The van der Waals surface area contributed by atoms with Crippen molar-refractivity contribution in [3.63, 3.8) is 0 Å². The van der Waals surface area contributed by atoms with Crippen molar-refractivity contribution >= 4 is 10.8 Å². The highest BCUT2D eigenvalue weighted by Gasteiger charge is 2.18. The molecule has 0 spiro atoms. The second-order valence-corrected chi connectivity index (χ2v) is 6.86. The maximum atomic E-state index is 4.15. The van der Waals surface area contributed by atoms with Crippen LogP contribution in [0.4, 0.5) is 0 Å². The Labute approximate surface area is 160 Å². The van der Waals surface area contributed by atoms with Gasteiger partial charge in [-0.25, -0.2) is 0 Å². The van der Waals surface area contributed by atoms with Crippen LogP contribution in [0.2, 0.25) is 0 Å². The largest absolute Gasteiger partial charge is 0.288 e. The first-order chi connectivity index (χ1) is 13.3. The molecule has 2 aromatic heterocycles. The normalized spacial score (nSPS) is 12.4. The summed E-state index contributed by atoms with van der Waals surface area (Å²) in [7, 11) is 0. The SMILES string of the molecule is C[C@H](c1cccc2ccccc12)N(Cc1ccncc1)Cc1ccncc1. The molecule has 0 saturated carbocycles. The summed E-state index contributed by atoms with van der Waals surface area (Å²) in [5.41, 5.74) is 3.90. The molecule has 0 aliphatic rings. The molecule has 0 aliphatic carbocycles. The Morgan fingerprint density at radius 2 is 1.26 bits per heavy atom. The number of aromatic nitrogens is 2. The molecule has 0 unspecified atom stereocenters. The van der Waals surface area contributed by atoms with Crippen LogP contribution in [0, 0.1) is 0 Å². The summed E-state index contributed by atoms with van der Waals surface area (Å²) in [5.74, 6) is 0. The summed E-state index contributed by atoms with van der Waals surface area (Å²) in [6.45, 7) is 4.04. The van der Waals surface area contributed by atoms with Crippen LogP contribution in [0.1, 0.15) is 29.7 Å². The van der Waals surface area contributed by atoms with Crippen molar-refractivity contribution in [3.05, 3.63) is 108 Å². The Bertz CT molecular complexity index is 953. The lowest BCUT2D eigenvalue weighted by Crippen LogP contribution is -2.26. The number of pyridine rings is 2. The van der Waals surface area contributed by atoms with Gasteiger partial charge in [-0.3, -0.25) is 14.9 Å². The highest BCUT2D eigenvalue weighted by Crippen LogP contribution is 2.30. The van der Waals surface area contributed by atoms with Crippen molar-refractivity contribution in [1.82, 2.24) is 14.9 Å². The molecule has 4 aromatic rings. The van der Waals surface area contributed by atoms with Crippen LogP contribution in [0.15, 0.2) is 91.5 Å². The molecule has 3 nitrogen and oxygen atoms in total. The number of benzene rings is 2. The fraction of sp³-hybridized carbons (Fsp3) is 0.167. The van der Waals surface area contributed by atoms with Crippen LogP contribution in [0.5, 0.6) is 0 Å². The predicted molar refractivity (Wildman–Crippen MR) is 110 cm³/mol. The van der Waals surface area contributed by atoms with Crippen molar-refractivity contribution in [2.75, 3.05) is 0 Å². The zero-order chi connectivity index (χ0) is 18.5. The van der Waals surface area contributed by atoms with Crippen molar-refractivity contribution in [3.8, 4) is 0 Å². The predicted octanol–water partition coefficient (Wildman–Crippen LogP) is 5.39. The van der Waals surface area contributed by atoms with E-state index in [1.54, 1.807) is 0 Å². The Balaban J connectivity index is 1.70. The van der Waals surface area contributed by atoms with Gasteiger partial charge in [0.15, 0.2) is 0 Å². The lowest BCUT2D eigenvalue weighted by Gasteiger charge is -2.30. The van der Waals surface area contributed by atoms with Gasteiger partial charge in [0.1, 0.15) is 0 Å².